The first-order valence-corrected chi connectivity index (χ1v) is 6.48. The number of hydrogen-bond acceptors (Lipinski definition) is 2. The van der Waals surface area contributed by atoms with Gasteiger partial charge < -0.3 is 10.3 Å². The van der Waals surface area contributed by atoms with Crippen molar-refractivity contribution in [3.63, 3.8) is 0 Å². The predicted octanol–water partition coefficient (Wildman–Crippen LogP) is 3.11. The average molecular weight is 223 g/mol. The smallest absolute Gasteiger partial charge is 0.120 e. The van der Waals surface area contributed by atoms with E-state index >= 15 is 0 Å². The van der Waals surface area contributed by atoms with Gasteiger partial charge in [-0.15, -0.1) is 0 Å². The number of aromatic amines is 1. The maximum atomic E-state index is 4.16. The Morgan fingerprint density at radius 3 is 2.75 bits per heavy atom. The van der Waals surface area contributed by atoms with Gasteiger partial charge in [0.1, 0.15) is 5.82 Å². The first-order chi connectivity index (χ1) is 7.79. The highest BCUT2D eigenvalue weighted by Gasteiger charge is 1.95. The molecule has 2 N–H and O–H groups in total. The lowest BCUT2D eigenvalue weighted by Crippen LogP contribution is -2.15. The Balaban J connectivity index is 1.82. The molecular formula is C13H25N3. The Morgan fingerprint density at radius 2 is 2.06 bits per heavy atom. The van der Waals surface area contributed by atoms with Gasteiger partial charge in [-0.3, -0.25) is 0 Å². The van der Waals surface area contributed by atoms with Crippen molar-refractivity contribution in [2.45, 2.75) is 52.5 Å². The minimum absolute atomic E-state index is 0.858. The van der Waals surface area contributed by atoms with Gasteiger partial charge >= 0.3 is 0 Å². The van der Waals surface area contributed by atoms with E-state index in [1.165, 1.54) is 32.1 Å². The van der Waals surface area contributed by atoms with Crippen LogP contribution in [0.4, 0.5) is 0 Å². The molecule has 0 radical (unpaired) electrons. The fraction of sp³-hybridized carbons (Fsp3) is 0.769. The van der Waals surface area contributed by atoms with Gasteiger partial charge in [-0.05, 0) is 18.9 Å². The lowest BCUT2D eigenvalue weighted by molar-refractivity contribution is 0.511. The van der Waals surface area contributed by atoms with Gasteiger partial charge in [0.2, 0.25) is 0 Å². The lowest BCUT2D eigenvalue weighted by Gasteiger charge is -2.05. The molecule has 1 aromatic rings. The summed E-state index contributed by atoms with van der Waals surface area (Å²) in [6.45, 7) is 6.55. The summed E-state index contributed by atoms with van der Waals surface area (Å²) in [6.07, 6.45) is 10.4. The van der Waals surface area contributed by atoms with Gasteiger partial charge in [0.15, 0.2) is 0 Å². The summed E-state index contributed by atoms with van der Waals surface area (Å²) in [5.74, 6) is 1.89. The monoisotopic (exact) mass is 223 g/mol. The Bertz CT molecular complexity index is 242. The van der Waals surface area contributed by atoms with Crippen LogP contribution >= 0.6 is 0 Å². The van der Waals surface area contributed by atoms with Gasteiger partial charge in [-0.2, -0.15) is 0 Å². The summed E-state index contributed by atoms with van der Waals surface area (Å²) in [4.78, 5) is 7.25. The van der Waals surface area contributed by atoms with Crippen molar-refractivity contribution in [2.24, 2.45) is 5.92 Å². The molecule has 0 saturated heterocycles. The zero-order chi connectivity index (χ0) is 11.6. The summed E-state index contributed by atoms with van der Waals surface area (Å²) in [7, 11) is 0. The predicted molar refractivity (Wildman–Crippen MR) is 68.2 cm³/mol. The maximum absolute atomic E-state index is 4.16. The highest BCUT2D eigenvalue weighted by atomic mass is 15.0. The van der Waals surface area contributed by atoms with Crippen molar-refractivity contribution < 1.29 is 0 Å². The van der Waals surface area contributed by atoms with Crippen molar-refractivity contribution in [1.82, 2.24) is 15.3 Å². The summed E-state index contributed by atoms with van der Waals surface area (Å²) in [5.41, 5.74) is 0. The molecule has 0 bridgehead atoms. The molecule has 0 atom stereocenters. The average Bonchev–Trinajstić information content (AvgIpc) is 2.74. The fourth-order valence-electron chi connectivity index (χ4n) is 1.76. The maximum Gasteiger partial charge on any atom is 0.120 e. The van der Waals surface area contributed by atoms with Crippen LogP contribution in [0, 0.1) is 5.92 Å². The quantitative estimate of drug-likeness (QED) is 0.632. The molecule has 0 aliphatic rings. The molecule has 0 amide bonds. The van der Waals surface area contributed by atoms with Gasteiger partial charge in [0, 0.05) is 12.4 Å². The standard InChI is InChI=1S/C13H25N3/c1-12(2)7-5-3-4-6-8-14-11-13-15-9-10-16-13/h9-10,12,14H,3-8,11H2,1-2H3,(H,15,16). The molecule has 3 nitrogen and oxygen atoms in total. The third kappa shape index (κ3) is 6.62. The highest BCUT2D eigenvalue weighted by Crippen LogP contribution is 2.08. The van der Waals surface area contributed by atoms with E-state index in [4.69, 9.17) is 0 Å². The van der Waals surface area contributed by atoms with Crippen molar-refractivity contribution in [1.29, 1.82) is 0 Å². The third-order valence-corrected chi connectivity index (χ3v) is 2.73. The molecule has 0 aliphatic carbocycles. The number of H-pyrrole nitrogens is 1. The second-order valence-corrected chi connectivity index (χ2v) is 4.81. The van der Waals surface area contributed by atoms with E-state index in [9.17, 15) is 0 Å². The van der Waals surface area contributed by atoms with E-state index in [0.717, 1.165) is 24.8 Å². The van der Waals surface area contributed by atoms with E-state index in [2.05, 4.69) is 29.1 Å². The molecule has 3 heteroatoms. The molecule has 92 valence electrons. The number of imidazole rings is 1. The number of nitrogens with one attached hydrogen (secondary N) is 2. The summed E-state index contributed by atoms with van der Waals surface area (Å²) < 4.78 is 0. The van der Waals surface area contributed by atoms with E-state index in [1.807, 2.05) is 6.20 Å². The molecule has 0 aromatic carbocycles. The Kier molecular flexibility index (Phi) is 6.90. The largest absolute Gasteiger partial charge is 0.348 e. The van der Waals surface area contributed by atoms with Crippen LogP contribution < -0.4 is 5.32 Å². The van der Waals surface area contributed by atoms with Crippen LogP contribution in [0.3, 0.4) is 0 Å². The second-order valence-electron chi connectivity index (χ2n) is 4.81. The van der Waals surface area contributed by atoms with Crippen LogP contribution in [0.25, 0.3) is 0 Å². The van der Waals surface area contributed by atoms with Crippen molar-refractivity contribution in [3.05, 3.63) is 18.2 Å². The lowest BCUT2D eigenvalue weighted by atomic mass is 10.0. The molecule has 0 unspecified atom stereocenters. The first kappa shape index (κ1) is 13.2. The van der Waals surface area contributed by atoms with Crippen LogP contribution in [0.1, 0.15) is 51.8 Å². The molecule has 0 aliphatic heterocycles. The topological polar surface area (TPSA) is 40.7 Å². The molecular weight excluding hydrogens is 198 g/mol. The van der Waals surface area contributed by atoms with Crippen LogP contribution in [-0.4, -0.2) is 16.5 Å². The molecule has 1 heterocycles. The number of rotatable bonds is 9. The van der Waals surface area contributed by atoms with Gasteiger partial charge in [-0.25, -0.2) is 4.98 Å². The first-order valence-electron chi connectivity index (χ1n) is 6.48. The summed E-state index contributed by atoms with van der Waals surface area (Å²) in [6, 6.07) is 0. The fourth-order valence-corrected chi connectivity index (χ4v) is 1.76. The molecule has 0 fully saturated rings. The number of nitrogens with zero attached hydrogens (tertiary/aromatic N) is 1. The molecule has 1 rings (SSSR count). The van der Waals surface area contributed by atoms with Crippen LogP contribution in [0.15, 0.2) is 12.4 Å². The number of unbranched alkanes of at least 4 members (excludes halogenated alkanes) is 3. The van der Waals surface area contributed by atoms with Crippen molar-refractivity contribution >= 4 is 0 Å². The van der Waals surface area contributed by atoms with Crippen molar-refractivity contribution in [2.75, 3.05) is 6.54 Å². The number of hydrogen-bond donors (Lipinski definition) is 2. The minimum Gasteiger partial charge on any atom is -0.348 e. The highest BCUT2D eigenvalue weighted by molar-refractivity contribution is 4.85. The van der Waals surface area contributed by atoms with E-state index in [1.54, 1.807) is 6.20 Å². The zero-order valence-electron chi connectivity index (χ0n) is 10.6. The normalized spacial score (nSPS) is 11.2. The second kappa shape index (κ2) is 8.34. The SMILES string of the molecule is CC(C)CCCCCCNCc1ncc[nH]1. The molecule has 16 heavy (non-hydrogen) atoms. The molecule has 0 spiro atoms. The van der Waals surface area contributed by atoms with Gasteiger partial charge in [-0.1, -0.05) is 39.5 Å². The molecule has 1 aromatic heterocycles. The Morgan fingerprint density at radius 1 is 1.25 bits per heavy atom. The van der Waals surface area contributed by atoms with E-state index in [0.29, 0.717) is 0 Å². The van der Waals surface area contributed by atoms with Crippen molar-refractivity contribution in [3.8, 4) is 0 Å². The van der Waals surface area contributed by atoms with Crippen LogP contribution in [0.5, 0.6) is 0 Å². The van der Waals surface area contributed by atoms with Crippen LogP contribution in [0.2, 0.25) is 0 Å². The minimum atomic E-state index is 0.858. The third-order valence-electron chi connectivity index (χ3n) is 2.73. The Hall–Kier alpha value is -0.830. The number of aromatic nitrogens is 2. The Labute approximate surface area is 99.1 Å². The van der Waals surface area contributed by atoms with Gasteiger partial charge in [0.05, 0.1) is 6.54 Å². The van der Waals surface area contributed by atoms with Gasteiger partial charge in [0.25, 0.3) is 0 Å². The summed E-state index contributed by atoms with van der Waals surface area (Å²) in [5, 5.41) is 3.39. The zero-order valence-corrected chi connectivity index (χ0v) is 10.6. The molecule has 0 saturated carbocycles. The van der Waals surface area contributed by atoms with Crippen LogP contribution in [-0.2, 0) is 6.54 Å². The summed E-state index contributed by atoms with van der Waals surface area (Å²) >= 11 is 0. The van der Waals surface area contributed by atoms with E-state index < -0.39 is 0 Å². The van der Waals surface area contributed by atoms with E-state index in [-0.39, 0.29) is 0 Å².